The van der Waals surface area contributed by atoms with Gasteiger partial charge in [-0.05, 0) is 19.9 Å². The molecule has 0 spiro atoms. The maximum atomic E-state index is 5.65. The van der Waals surface area contributed by atoms with Gasteiger partial charge in [0, 0.05) is 12.5 Å². The maximum Gasteiger partial charge on any atom is 0.233 e. The van der Waals surface area contributed by atoms with Crippen LogP contribution >= 0.6 is 11.6 Å². The van der Waals surface area contributed by atoms with Gasteiger partial charge in [-0.25, -0.2) is 0 Å². The normalized spacial score (nSPS) is 22.6. The molecule has 94 valence electrons. The largest absolute Gasteiger partial charge is 0.476 e. The second-order valence-electron chi connectivity index (χ2n) is 4.28. The first-order valence-corrected chi connectivity index (χ1v) is 5.87. The SMILES string of the molecule is CC1(C)OCC(CCOc2ccc(Cl)nn2)O1. The van der Waals surface area contributed by atoms with Crippen LogP contribution in [0.2, 0.25) is 5.15 Å². The van der Waals surface area contributed by atoms with Gasteiger partial charge in [0.15, 0.2) is 10.9 Å². The predicted molar refractivity (Wildman–Crippen MR) is 62.1 cm³/mol. The maximum absolute atomic E-state index is 5.65. The molecule has 0 aromatic carbocycles. The highest BCUT2D eigenvalue weighted by molar-refractivity contribution is 6.29. The van der Waals surface area contributed by atoms with Crippen LogP contribution in [0.1, 0.15) is 20.3 Å². The molecule has 1 saturated heterocycles. The van der Waals surface area contributed by atoms with Crippen molar-refractivity contribution in [1.82, 2.24) is 10.2 Å². The van der Waals surface area contributed by atoms with E-state index in [9.17, 15) is 0 Å². The second kappa shape index (κ2) is 5.16. The van der Waals surface area contributed by atoms with Gasteiger partial charge >= 0.3 is 0 Å². The summed E-state index contributed by atoms with van der Waals surface area (Å²) in [6.07, 6.45) is 0.832. The van der Waals surface area contributed by atoms with E-state index < -0.39 is 5.79 Å². The molecule has 1 fully saturated rings. The van der Waals surface area contributed by atoms with E-state index in [4.69, 9.17) is 25.8 Å². The molecular weight excluding hydrogens is 244 g/mol. The highest BCUT2D eigenvalue weighted by atomic mass is 35.5. The zero-order valence-corrected chi connectivity index (χ0v) is 10.6. The van der Waals surface area contributed by atoms with E-state index in [1.807, 2.05) is 13.8 Å². The van der Waals surface area contributed by atoms with Gasteiger partial charge in [0.1, 0.15) is 0 Å². The molecule has 2 heterocycles. The summed E-state index contributed by atoms with van der Waals surface area (Å²) in [4.78, 5) is 0. The van der Waals surface area contributed by atoms with Crippen molar-refractivity contribution in [2.45, 2.75) is 32.2 Å². The lowest BCUT2D eigenvalue weighted by atomic mass is 10.3. The minimum Gasteiger partial charge on any atom is -0.476 e. The average Bonchev–Trinajstić information content (AvgIpc) is 2.61. The average molecular weight is 259 g/mol. The Labute approximate surface area is 105 Å². The van der Waals surface area contributed by atoms with Gasteiger partial charge in [0.2, 0.25) is 5.88 Å². The van der Waals surface area contributed by atoms with Gasteiger partial charge in [-0.3, -0.25) is 0 Å². The number of hydrogen-bond donors (Lipinski definition) is 0. The third-order valence-corrected chi connectivity index (χ3v) is 2.57. The molecular formula is C11H15ClN2O3. The first kappa shape index (κ1) is 12.5. The summed E-state index contributed by atoms with van der Waals surface area (Å²) in [5.41, 5.74) is 0. The third kappa shape index (κ3) is 3.80. The number of nitrogens with zero attached hydrogens (tertiary/aromatic N) is 2. The van der Waals surface area contributed by atoms with E-state index in [1.165, 1.54) is 0 Å². The number of hydrogen-bond acceptors (Lipinski definition) is 5. The number of rotatable bonds is 4. The van der Waals surface area contributed by atoms with Crippen LogP contribution in [0.25, 0.3) is 0 Å². The summed E-state index contributed by atoms with van der Waals surface area (Å²) < 4.78 is 16.5. The van der Waals surface area contributed by atoms with E-state index in [1.54, 1.807) is 12.1 Å². The summed E-state index contributed by atoms with van der Waals surface area (Å²) in [5.74, 6) is -0.0161. The van der Waals surface area contributed by atoms with Crippen molar-refractivity contribution in [2.24, 2.45) is 0 Å². The summed E-state index contributed by atoms with van der Waals surface area (Å²) in [6, 6.07) is 3.33. The minimum absolute atomic E-state index is 0.0743. The van der Waals surface area contributed by atoms with Crippen molar-refractivity contribution in [3.8, 4) is 5.88 Å². The molecule has 5 nitrogen and oxygen atoms in total. The van der Waals surface area contributed by atoms with Crippen molar-refractivity contribution in [3.05, 3.63) is 17.3 Å². The van der Waals surface area contributed by atoms with E-state index in [0.29, 0.717) is 24.2 Å². The molecule has 2 rings (SSSR count). The van der Waals surface area contributed by atoms with Crippen molar-refractivity contribution < 1.29 is 14.2 Å². The Hall–Kier alpha value is -0.910. The van der Waals surface area contributed by atoms with Crippen molar-refractivity contribution >= 4 is 11.6 Å². The molecule has 1 aromatic heterocycles. The van der Waals surface area contributed by atoms with Crippen molar-refractivity contribution in [1.29, 1.82) is 0 Å². The lowest BCUT2D eigenvalue weighted by molar-refractivity contribution is -0.139. The second-order valence-corrected chi connectivity index (χ2v) is 4.67. The highest BCUT2D eigenvalue weighted by Crippen LogP contribution is 2.24. The van der Waals surface area contributed by atoms with Crippen molar-refractivity contribution in [3.63, 3.8) is 0 Å². The molecule has 0 bridgehead atoms. The van der Waals surface area contributed by atoms with E-state index in [2.05, 4.69) is 10.2 Å². The monoisotopic (exact) mass is 258 g/mol. The summed E-state index contributed by atoms with van der Waals surface area (Å²) in [5, 5.41) is 7.84. The minimum atomic E-state index is -0.481. The summed E-state index contributed by atoms with van der Waals surface area (Å²) in [6.45, 7) is 4.92. The first-order chi connectivity index (χ1) is 8.05. The highest BCUT2D eigenvalue weighted by Gasteiger charge is 2.32. The molecule has 1 aliphatic heterocycles. The quantitative estimate of drug-likeness (QED) is 0.827. The fourth-order valence-electron chi connectivity index (χ4n) is 1.58. The van der Waals surface area contributed by atoms with E-state index in [-0.39, 0.29) is 6.10 Å². The van der Waals surface area contributed by atoms with Crippen LogP contribution in [0.4, 0.5) is 0 Å². The Kier molecular flexibility index (Phi) is 3.81. The standard InChI is InChI=1S/C11H15ClN2O3/c1-11(2)16-7-8(17-11)5-6-15-10-4-3-9(12)13-14-10/h3-4,8H,5-7H2,1-2H3. The molecule has 0 saturated carbocycles. The predicted octanol–water partition coefficient (Wildman–Crippen LogP) is 2.05. The van der Waals surface area contributed by atoms with Crippen LogP contribution < -0.4 is 4.74 Å². The number of halogens is 1. The molecule has 0 radical (unpaired) electrons. The van der Waals surface area contributed by atoms with E-state index in [0.717, 1.165) is 6.42 Å². The van der Waals surface area contributed by atoms with Crippen LogP contribution in [-0.2, 0) is 9.47 Å². The molecule has 0 amide bonds. The molecule has 1 unspecified atom stereocenters. The van der Waals surface area contributed by atoms with Gasteiger partial charge in [0.25, 0.3) is 0 Å². The Morgan fingerprint density at radius 2 is 2.29 bits per heavy atom. The van der Waals surface area contributed by atoms with Crippen LogP contribution in [-0.4, -0.2) is 35.3 Å². The summed E-state index contributed by atoms with van der Waals surface area (Å²) >= 11 is 5.62. The zero-order chi connectivity index (χ0) is 12.3. The van der Waals surface area contributed by atoms with Gasteiger partial charge in [-0.15, -0.1) is 10.2 Å². The Balaban J connectivity index is 1.71. The first-order valence-electron chi connectivity index (χ1n) is 5.49. The summed E-state index contributed by atoms with van der Waals surface area (Å²) in [7, 11) is 0. The molecule has 0 aliphatic carbocycles. The van der Waals surface area contributed by atoms with Gasteiger partial charge in [-0.2, -0.15) is 0 Å². The zero-order valence-electron chi connectivity index (χ0n) is 9.85. The Bertz CT molecular complexity index is 369. The van der Waals surface area contributed by atoms with Crippen molar-refractivity contribution in [2.75, 3.05) is 13.2 Å². The fourth-order valence-corrected chi connectivity index (χ4v) is 1.68. The van der Waals surface area contributed by atoms with Crippen LogP contribution in [0.5, 0.6) is 5.88 Å². The van der Waals surface area contributed by atoms with Gasteiger partial charge < -0.3 is 14.2 Å². The lowest BCUT2D eigenvalue weighted by Gasteiger charge is -2.16. The van der Waals surface area contributed by atoms with Gasteiger partial charge in [0.05, 0.1) is 19.3 Å². The molecule has 1 atom stereocenters. The number of aromatic nitrogens is 2. The topological polar surface area (TPSA) is 53.5 Å². The fraction of sp³-hybridized carbons (Fsp3) is 0.636. The Morgan fingerprint density at radius 1 is 1.47 bits per heavy atom. The molecule has 17 heavy (non-hydrogen) atoms. The molecule has 1 aliphatic rings. The Morgan fingerprint density at radius 3 is 2.88 bits per heavy atom. The van der Waals surface area contributed by atoms with Gasteiger partial charge in [-0.1, -0.05) is 11.6 Å². The third-order valence-electron chi connectivity index (χ3n) is 2.36. The molecule has 1 aromatic rings. The van der Waals surface area contributed by atoms with E-state index >= 15 is 0 Å². The van der Waals surface area contributed by atoms with Crippen LogP contribution in [0, 0.1) is 0 Å². The molecule has 0 N–H and O–H groups in total. The van der Waals surface area contributed by atoms with Crippen LogP contribution in [0.3, 0.4) is 0 Å². The lowest BCUT2D eigenvalue weighted by Crippen LogP contribution is -2.22. The smallest absolute Gasteiger partial charge is 0.233 e. The molecule has 6 heteroatoms. The van der Waals surface area contributed by atoms with Crippen LogP contribution in [0.15, 0.2) is 12.1 Å². The number of ether oxygens (including phenoxy) is 3.